The number of nitrogens with zero attached hydrogens (tertiary/aromatic N) is 1. The van der Waals surface area contributed by atoms with Gasteiger partial charge in [0.05, 0.1) is 11.0 Å². The Kier molecular flexibility index (Phi) is 7.38. The van der Waals surface area contributed by atoms with Crippen molar-refractivity contribution in [3.63, 3.8) is 0 Å². The molecule has 7 heteroatoms. The van der Waals surface area contributed by atoms with Gasteiger partial charge in [-0.1, -0.05) is 18.2 Å². The Labute approximate surface area is 161 Å². The molecule has 0 aliphatic rings. The van der Waals surface area contributed by atoms with Crippen LogP contribution < -0.4 is 10.1 Å². The lowest BCUT2D eigenvalue weighted by Gasteiger charge is -2.17. The molecule has 0 aliphatic carbocycles. The van der Waals surface area contributed by atoms with Crippen molar-refractivity contribution < 1.29 is 17.9 Å². The molecule has 0 aliphatic heterocycles. The average Bonchev–Trinajstić information content (AvgIpc) is 2.63. The molecule has 6 nitrogen and oxygen atoms in total. The summed E-state index contributed by atoms with van der Waals surface area (Å²) in [4.78, 5) is 12.3. The highest BCUT2D eigenvalue weighted by Crippen LogP contribution is 2.17. The van der Waals surface area contributed by atoms with Crippen LogP contribution in [0.15, 0.2) is 59.5 Å². The zero-order chi connectivity index (χ0) is 19.9. The number of rotatable bonds is 9. The standard InChI is InChI=1S/C20H26N2O4S/c1-16(2)26-18-13-11-17(12-14-18)21-20(23)10-7-15-22(3)27(24,25)19-8-5-4-6-9-19/h4-6,8-9,11-14,16H,7,10,15H2,1-3H3,(H,21,23). The van der Waals surface area contributed by atoms with Gasteiger partial charge in [0.1, 0.15) is 5.75 Å². The van der Waals surface area contributed by atoms with E-state index in [1.165, 1.54) is 11.4 Å². The summed E-state index contributed by atoms with van der Waals surface area (Å²) in [7, 11) is -2.00. The maximum atomic E-state index is 12.4. The van der Waals surface area contributed by atoms with Crippen molar-refractivity contribution in [2.75, 3.05) is 18.9 Å². The number of benzene rings is 2. The maximum Gasteiger partial charge on any atom is 0.242 e. The van der Waals surface area contributed by atoms with Crippen LogP contribution in [-0.4, -0.2) is 38.3 Å². The minimum absolute atomic E-state index is 0.0922. The van der Waals surface area contributed by atoms with Crippen molar-refractivity contribution in [2.45, 2.75) is 37.7 Å². The molecule has 0 atom stereocenters. The molecule has 0 aromatic heterocycles. The van der Waals surface area contributed by atoms with Crippen molar-refractivity contribution >= 4 is 21.6 Å². The number of ether oxygens (including phenoxy) is 1. The van der Waals surface area contributed by atoms with E-state index in [0.29, 0.717) is 12.1 Å². The molecule has 146 valence electrons. The summed E-state index contributed by atoms with van der Waals surface area (Å²) < 4.78 is 31.7. The van der Waals surface area contributed by atoms with Gasteiger partial charge in [0.15, 0.2) is 0 Å². The third-order valence-corrected chi connectivity index (χ3v) is 5.71. The first-order valence-corrected chi connectivity index (χ1v) is 10.3. The first-order valence-electron chi connectivity index (χ1n) is 8.87. The van der Waals surface area contributed by atoms with E-state index < -0.39 is 10.0 Å². The molecule has 0 spiro atoms. The number of carbonyl (C=O) groups excluding carboxylic acids is 1. The van der Waals surface area contributed by atoms with Crippen molar-refractivity contribution in [2.24, 2.45) is 0 Å². The van der Waals surface area contributed by atoms with E-state index in [-0.39, 0.29) is 29.9 Å². The Morgan fingerprint density at radius 2 is 1.70 bits per heavy atom. The average molecular weight is 391 g/mol. The van der Waals surface area contributed by atoms with Crippen LogP contribution in [-0.2, 0) is 14.8 Å². The van der Waals surface area contributed by atoms with Crippen LogP contribution in [0.2, 0.25) is 0 Å². The lowest BCUT2D eigenvalue weighted by molar-refractivity contribution is -0.116. The lowest BCUT2D eigenvalue weighted by Crippen LogP contribution is -2.28. The maximum absolute atomic E-state index is 12.4. The SMILES string of the molecule is CC(C)Oc1ccc(NC(=O)CCCN(C)S(=O)(=O)c2ccccc2)cc1. The van der Waals surface area contributed by atoms with Gasteiger partial charge in [-0.2, -0.15) is 0 Å². The molecular weight excluding hydrogens is 364 g/mol. The number of anilines is 1. The number of nitrogens with one attached hydrogen (secondary N) is 1. The monoisotopic (exact) mass is 390 g/mol. The van der Waals surface area contributed by atoms with Gasteiger partial charge in [0, 0.05) is 25.7 Å². The molecule has 0 saturated carbocycles. The van der Waals surface area contributed by atoms with E-state index in [2.05, 4.69) is 5.32 Å². The van der Waals surface area contributed by atoms with Crippen molar-refractivity contribution in [3.05, 3.63) is 54.6 Å². The number of sulfonamides is 1. The molecule has 0 heterocycles. The molecule has 27 heavy (non-hydrogen) atoms. The number of amides is 1. The third kappa shape index (κ3) is 6.37. The molecule has 1 amide bonds. The molecular formula is C20H26N2O4S. The molecule has 0 saturated heterocycles. The van der Waals surface area contributed by atoms with Crippen LogP contribution in [0.25, 0.3) is 0 Å². The Hall–Kier alpha value is -2.38. The van der Waals surface area contributed by atoms with Crippen LogP contribution in [0.1, 0.15) is 26.7 Å². The lowest BCUT2D eigenvalue weighted by atomic mass is 10.2. The normalized spacial score (nSPS) is 11.6. The Morgan fingerprint density at radius 3 is 2.30 bits per heavy atom. The fourth-order valence-electron chi connectivity index (χ4n) is 2.47. The number of hydrogen-bond donors (Lipinski definition) is 1. The van der Waals surface area contributed by atoms with Crippen molar-refractivity contribution in [3.8, 4) is 5.75 Å². The molecule has 1 N–H and O–H groups in total. The summed E-state index contributed by atoms with van der Waals surface area (Å²) >= 11 is 0. The minimum Gasteiger partial charge on any atom is -0.491 e. The zero-order valence-electron chi connectivity index (χ0n) is 15.9. The largest absolute Gasteiger partial charge is 0.491 e. The molecule has 2 aromatic carbocycles. The molecule has 0 fully saturated rings. The molecule has 2 aromatic rings. The van der Waals surface area contributed by atoms with Crippen LogP contribution in [0.4, 0.5) is 5.69 Å². The smallest absolute Gasteiger partial charge is 0.242 e. The van der Waals surface area contributed by atoms with E-state index in [0.717, 1.165) is 5.75 Å². The van der Waals surface area contributed by atoms with Gasteiger partial charge >= 0.3 is 0 Å². The first kappa shape index (κ1) is 20.9. The quantitative estimate of drug-likeness (QED) is 0.711. The highest BCUT2D eigenvalue weighted by molar-refractivity contribution is 7.89. The van der Waals surface area contributed by atoms with Gasteiger partial charge in [0.25, 0.3) is 0 Å². The van der Waals surface area contributed by atoms with Crippen LogP contribution in [0.3, 0.4) is 0 Å². The molecule has 0 bridgehead atoms. The first-order chi connectivity index (χ1) is 12.8. The second kappa shape index (κ2) is 9.53. The van der Waals surface area contributed by atoms with E-state index in [1.807, 2.05) is 13.8 Å². The molecule has 2 rings (SSSR count). The van der Waals surface area contributed by atoms with Gasteiger partial charge in [-0.05, 0) is 56.7 Å². The van der Waals surface area contributed by atoms with Gasteiger partial charge in [-0.15, -0.1) is 0 Å². The zero-order valence-corrected chi connectivity index (χ0v) is 16.7. The highest BCUT2D eigenvalue weighted by atomic mass is 32.2. The molecule has 0 radical (unpaired) electrons. The van der Waals surface area contributed by atoms with E-state index >= 15 is 0 Å². The van der Waals surface area contributed by atoms with E-state index in [9.17, 15) is 13.2 Å². The summed E-state index contributed by atoms with van der Waals surface area (Å²) in [6.45, 7) is 4.17. The van der Waals surface area contributed by atoms with Crippen LogP contribution >= 0.6 is 0 Å². The summed E-state index contributed by atoms with van der Waals surface area (Å²) in [6, 6.07) is 15.4. The van der Waals surface area contributed by atoms with Crippen molar-refractivity contribution in [1.82, 2.24) is 4.31 Å². The summed E-state index contributed by atoms with van der Waals surface area (Å²) in [6.07, 6.45) is 0.761. The predicted molar refractivity (Wildman–Crippen MR) is 106 cm³/mol. The second-order valence-corrected chi connectivity index (χ2v) is 8.53. The summed E-state index contributed by atoms with van der Waals surface area (Å²) in [5.41, 5.74) is 0.682. The third-order valence-electron chi connectivity index (χ3n) is 3.84. The Bertz CT molecular complexity index is 834. The minimum atomic E-state index is -3.52. The van der Waals surface area contributed by atoms with Crippen LogP contribution in [0, 0.1) is 0 Å². The number of hydrogen-bond acceptors (Lipinski definition) is 4. The summed E-state index contributed by atoms with van der Waals surface area (Å²) in [5, 5.41) is 2.80. The van der Waals surface area contributed by atoms with E-state index in [4.69, 9.17) is 4.74 Å². The van der Waals surface area contributed by atoms with Crippen molar-refractivity contribution in [1.29, 1.82) is 0 Å². The fourth-order valence-corrected chi connectivity index (χ4v) is 3.70. The second-order valence-electron chi connectivity index (χ2n) is 6.48. The predicted octanol–water partition coefficient (Wildman–Crippen LogP) is 3.51. The van der Waals surface area contributed by atoms with Gasteiger partial charge in [-0.3, -0.25) is 4.79 Å². The fraction of sp³-hybridized carbons (Fsp3) is 0.350. The highest BCUT2D eigenvalue weighted by Gasteiger charge is 2.20. The Morgan fingerprint density at radius 1 is 1.07 bits per heavy atom. The molecule has 0 unspecified atom stereocenters. The van der Waals surface area contributed by atoms with Gasteiger partial charge in [-0.25, -0.2) is 12.7 Å². The van der Waals surface area contributed by atoms with Gasteiger partial charge in [0.2, 0.25) is 15.9 Å². The summed E-state index contributed by atoms with van der Waals surface area (Å²) in [5.74, 6) is 0.591. The van der Waals surface area contributed by atoms with Gasteiger partial charge < -0.3 is 10.1 Å². The number of carbonyl (C=O) groups is 1. The topological polar surface area (TPSA) is 75.7 Å². The van der Waals surface area contributed by atoms with E-state index in [1.54, 1.807) is 54.6 Å². The Balaban J connectivity index is 1.80. The van der Waals surface area contributed by atoms with Crippen LogP contribution in [0.5, 0.6) is 5.75 Å².